The van der Waals surface area contributed by atoms with Crippen LogP contribution in [0.25, 0.3) is 11.3 Å². The molecule has 4 heterocycles. The lowest BCUT2D eigenvalue weighted by atomic mass is 10.0. The van der Waals surface area contributed by atoms with Crippen molar-refractivity contribution in [3.05, 3.63) is 96.1 Å². The summed E-state index contributed by atoms with van der Waals surface area (Å²) in [5.41, 5.74) is 2.55. The van der Waals surface area contributed by atoms with E-state index >= 15 is 0 Å². The number of likely N-dealkylation sites (tertiary alicyclic amines) is 1. The molecule has 1 saturated heterocycles. The standard InChI is InChI=1S/C25H22FN5O2/c26-19-6-3-5-17(11-19)12-20-15-29-24(33-20)23-9-1-2-10-31(23)25(32)22-8-4-7-21(30-22)18-13-27-16-28-14-18/h3-8,11,13-16,23H,1-2,9-10,12H2/t23-/m0/s1. The van der Waals surface area contributed by atoms with Crippen LogP contribution < -0.4 is 0 Å². The average Bonchev–Trinajstić information content (AvgIpc) is 3.32. The van der Waals surface area contributed by atoms with Gasteiger partial charge in [0.15, 0.2) is 0 Å². The van der Waals surface area contributed by atoms with E-state index in [1.54, 1.807) is 35.6 Å². The third-order valence-corrected chi connectivity index (χ3v) is 5.71. The molecule has 1 aliphatic heterocycles. The number of rotatable bonds is 5. The molecule has 0 aliphatic carbocycles. The number of carbonyl (C=O) groups is 1. The number of halogens is 1. The number of nitrogens with zero attached hydrogens (tertiary/aromatic N) is 5. The van der Waals surface area contributed by atoms with Gasteiger partial charge in [-0.05, 0) is 49.1 Å². The molecule has 1 aliphatic rings. The highest BCUT2D eigenvalue weighted by Crippen LogP contribution is 2.32. The Morgan fingerprint density at radius 1 is 1.09 bits per heavy atom. The van der Waals surface area contributed by atoms with Crippen molar-refractivity contribution in [2.24, 2.45) is 0 Å². The highest BCUT2D eigenvalue weighted by molar-refractivity contribution is 5.93. The topological polar surface area (TPSA) is 85.0 Å². The number of amides is 1. The van der Waals surface area contributed by atoms with Crippen LogP contribution in [0.15, 0.2) is 71.8 Å². The Morgan fingerprint density at radius 3 is 2.79 bits per heavy atom. The van der Waals surface area contributed by atoms with Crippen LogP contribution >= 0.6 is 0 Å². The minimum Gasteiger partial charge on any atom is -0.443 e. The second kappa shape index (κ2) is 9.28. The summed E-state index contributed by atoms with van der Waals surface area (Å²) in [7, 11) is 0. The summed E-state index contributed by atoms with van der Waals surface area (Å²) in [6.45, 7) is 0.603. The van der Waals surface area contributed by atoms with Gasteiger partial charge < -0.3 is 9.32 Å². The van der Waals surface area contributed by atoms with E-state index in [1.807, 2.05) is 18.2 Å². The normalized spacial score (nSPS) is 16.0. The average molecular weight is 443 g/mol. The predicted molar refractivity (Wildman–Crippen MR) is 119 cm³/mol. The summed E-state index contributed by atoms with van der Waals surface area (Å²) in [6, 6.07) is 11.5. The summed E-state index contributed by atoms with van der Waals surface area (Å²) in [5, 5.41) is 0. The lowest BCUT2D eigenvalue weighted by Crippen LogP contribution is -2.39. The molecule has 0 bridgehead atoms. The summed E-state index contributed by atoms with van der Waals surface area (Å²) in [4.78, 5) is 32.3. The quantitative estimate of drug-likeness (QED) is 0.447. The van der Waals surface area contributed by atoms with E-state index in [2.05, 4.69) is 19.9 Å². The van der Waals surface area contributed by atoms with Crippen molar-refractivity contribution in [3.63, 3.8) is 0 Å². The third-order valence-electron chi connectivity index (χ3n) is 5.71. The fourth-order valence-corrected chi connectivity index (χ4v) is 4.13. The Hall–Kier alpha value is -3.94. The highest BCUT2D eigenvalue weighted by Gasteiger charge is 2.32. The fourth-order valence-electron chi connectivity index (χ4n) is 4.13. The number of benzene rings is 1. The van der Waals surface area contributed by atoms with Crippen LogP contribution in [-0.4, -0.2) is 37.3 Å². The Balaban J connectivity index is 1.37. The Morgan fingerprint density at radius 2 is 1.94 bits per heavy atom. The Kier molecular flexibility index (Phi) is 5.89. The third kappa shape index (κ3) is 4.64. The van der Waals surface area contributed by atoms with Gasteiger partial charge in [0, 0.05) is 30.9 Å². The molecule has 0 saturated carbocycles. The molecule has 1 aromatic carbocycles. The summed E-state index contributed by atoms with van der Waals surface area (Å²) in [6.07, 6.45) is 9.53. The van der Waals surface area contributed by atoms with Crippen LogP contribution in [0.5, 0.6) is 0 Å². The molecule has 0 unspecified atom stereocenters. The van der Waals surface area contributed by atoms with E-state index in [1.165, 1.54) is 18.5 Å². The zero-order valence-electron chi connectivity index (χ0n) is 17.9. The number of hydrogen-bond acceptors (Lipinski definition) is 6. The monoisotopic (exact) mass is 443 g/mol. The van der Waals surface area contributed by atoms with E-state index in [9.17, 15) is 9.18 Å². The molecule has 5 rings (SSSR count). The van der Waals surface area contributed by atoms with Crippen LogP contribution in [0.4, 0.5) is 4.39 Å². The minimum atomic E-state index is -0.284. The maximum Gasteiger partial charge on any atom is 0.273 e. The van der Waals surface area contributed by atoms with Crippen molar-refractivity contribution in [1.82, 2.24) is 24.8 Å². The highest BCUT2D eigenvalue weighted by atomic mass is 19.1. The largest absolute Gasteiger partial charge is 0.443 e. The summed E-state index contributed by atoms with van der Waals surface area (Å²) >= 11 is 0. The van der Waals surface area contributed by atoms with Gasteiger partial charge >= 0.3 is 0 Å². The number of pyridine rings is 1. The van der Waals surface area contributed by atoms with Gasteiger partial charge in [-0.25, -0.2) is 24.3 Å². The van der Waals surface area contributed by atoms with Gasteiger partial charge in [0.2, 0.25) is 5.89 Å². The van der Waals surface area contributed by atoms with E-state index in [4.69, 9.17) is 4.42 Å². The molecule has 3 aromatic heterocycles. The number of piperidine rings is 1. The number of oxazole rings is 1. The molecule has 1 atom stereocenters. The van der Waals surface area contributed by atoms with E-state index in [-0.39, 0.29) is 17.8 Å². The van der Waals surface area contributed by atoms with Crippen molar-refractivity contribution in [3.8, 4) is 11.3 Å². The van der Waals surface area contributed by atoms with Gasteiger partial charge in [-0.3, -0.25) is 4.79 Å². The van der Waals surface area contributed by atoms with Crippen LogP contribution in [0.3, 0.4) is 0 Å². The van der Waals surface area contributed by atoms with Crippen LogP contribution in [-0.2, 0) is 6.42 Å². The number of hydrogen-bond donors (Lipinski definition) is 0. The molecule has 8 heteroatoms. The second-order valence-corrected chi connectivity index (χ2v) is 8.02. The number of aromatic nitrogens is 4. The van der Waals surface area contributed by atoms with Crippen LogP contribution in [0.1, 0.15) is 53.0 Å². The zero-order chi connectivity index (χ0) is 22.6. The first kappa shape index (κ1) is 20.9. The molecule has 33 heavy (non-hydrogen) atoms. The maximum atomic E-state index is 13.5. The Labute approximate surface area is 190 Å². The van der Waals surface area contributed by atoms with Gasteiger partial charge in [0.05, 0.1) is 11.9 Å². The van der Waals surface area contributed by atoms with Gasteiger partial charge in [-0.15, -0.1) is 0 Å². The van der Waals surface area contributed by atoms with Crippen molar-refractivity contribution in [2.45, 2.75) is 31.7 Å². The van der Waals surface area contributed by atoms with Gasteiger partial charge in [-0.2, -0.15) is 0 Å². The van der Waals surface area contributed by atoms with Crippen LogP contribution in [0, 0.1) is 5.82 Å². The maximum absolute atomic E-state index is 13.5. The van der Waals surface area contributed by atoms with Crippen molar-refractivity contribution >= 4 is 5.91 Å². The minimum absolute atomic E-state index is 0.164. The van der Waals surface area contributed by atoms with Gasteiger partial charge in [0.25, 0.3) is 5.91 Å². The molecule has 1 fully saturated rings. The van der Waals surface area contributed by atoms with Gasteiger partial charge in [-0.1, -0.05) is 18.2 Å². The molecule has 0 radical (unpaired) electrons. The lowest BCUT2D eigenvalue weighted by Gasteiger charge is -2.33. The van der Waals surface area contributed by atoms with Crippen molar-refractivity contribution in [2.75, 3.05) is 6.54 Å². The molecular weight excluding hydrogens is 421 g/mol. The van der Waals surface area contributed by atoms with E-state index < -0.39 is 0 Å². The molecule has 7 nitrogen and oxygen atoms in total. The molecule has 0 spiro atoms. The predicted octanol–water partition coefficient (Wildman–Crippen LogP) is 4.62. The molecule has 4 aromatic rings. The molecule has 1 amide bonds. The first-order valence-electron chi connectivity index (χ1n) is 10.9. The van der Waals surface area contributed by atoms with Crippen molar-refractivity contribution < 1.29 is 13.6 Å². The van der Waals surface area contributed by atoms with Crippen molar-refractivity contribution in [1.29, 1.82) is 0 Å². The van der Waals surface area contributed by atoms with E-state index in [0.717, 1.165) is 30.4 Å². The molecule has 166 valence electrons. The SMILES string of the molecule is O=C(c1cccc(-c2cncnc2)n1)N1CCCC[C@H]1c1ncc(Cc2cccc(F)c2)o1. The van der Waals surface area contributed by atoms with E-state index in [0.29, 0.717) is 36.0 Å². The Bertz CT molecular complexity index is 1260. The first-order chi connectivity index (χ1) is 16.2. The zero-order valence-corrected chi connectivity index (χ0v) is 17.9. The fraction of sp³-hybridized carbons (Fsp3) is 0.240. The van der Waals surface area contributed by atoms with Gasteiger partial charge in [0.1, 0.15) is 29.6 Å². The smallest absolute Gasteiger partial charge is 0.273 e. The second-order valence-electron chi connectivity index (χ2n) is 8.02. The summed E-state index contributed by atoms with van der Waals surface area (Å²) < 4.78 is 19.5. The summed E-state index contributed by atoms with van der Waals surface area (Å²) in [5.74, 6) is 0.691. The van der Waals surface area contributed by atoms with Crippen LogP contribution in [0.2, 0.25) is 0 Å². The lowest BCUT2D eigenvalue weighted by molar-refractivity contribution is 0.0564. The first-order valence-corrected chi connectivity index (χ1v) is 10.9. The number of carbonyl (C=O) groups excluding carboxylic acids is 1. The molecular formula is C25H22FN5O2. The molecule has 0 N–H and O–H groups in total.